The van der Waals surface area contributed by atoms with Crippen molar-refractivity contribution in [1.29, 1.82) is 0 Å². The van der Waals surface area contributed by atoms with Crippen LogP contribution in [0.4, 0.5) is 10.1 Å². The lowest BCUT2D eigenvalue weighted by Gasteiger charge is -2.00. The third kappa shape index (κ3) is 1.81. The van der Waals surface area contributed by atoms with Crippen molar-refractivity contribution in [3.05, 3.63) is 39.9 Å². The van der Waals surface area contributed by atoms with E-state index in [1.807, 2.05) is 12.1 Å². The predicted molar refractivity (Wildman–Crippen MR) is 61.8 cm³/mol. The Hall–Kier alpha value is -0.870. The topological polar surface area (TPSA) is 26.0 Å². The Bertz CT molecular complexity index is 467. The molecule has 2 rings (SSSR count). The lowest BCUT2D eigenvalue weighted by Crippen LogP contribution is -1.89. The maximum absolute atomic E-state index is 12.9. The molecule has 1 aromatic carbocycles. The fourth-order valence-electron chi connectivity index (χ4n) is 1.17. The Morgan fingerprint density at radius 2 is 2.00 bits per heavy atom. The molecule has 0 atom stereocenters. The van der Waals surface area contributed by atoms with Gasteiger partial charge in [-0.2, -0.15) is 0 Å². The first-order valence-corrected chi connectivity index (χ1v) is 5.58. The van der Waals surface area contributed by atoms with Gasteiger partial charge in [0.05, 0.1) is 9.47 Å². The Morgan fingerprint density at radius 1 is 1.21 bits per heavy atom. The number of hydrogen-bond donors (Lipinski definition) is 1. The molecule has 72 valence electrons. The Morgan fingerprint density at radius 3 is 2.57 bits per heavy atom. The fourth-order valence-corrected chi connectivity index (χ4v) is 2.55. The first kappa shape index (κ1) is 9.68. The first-order valence-electron chi connectivity index (χ1n) is 3.97. The van der Waals surface area contributed by atoms with Crippen LogP contribution in [0.15, 0.2) is 34.1 Å². The van der Waals surface area contributed by atoms with Gasteiger partial charge in [-0.3, -0.25) is 0 Å². The van der Waals surface area contributed by atoms with Crippen LogP contribution in [-0.4, -0.2) is 0 Å². The molecular formula is C10H7BrFNS. The van der Waals surface area contributed by atoms with Crippen molar-refractivity contribution in [3.63, 3.8) is 0 Å². The van der Waals surface area contributed by atoms with Gasteiger partial charge in [0.15, 0.2) is 0 Å². The molecule has 0 aliphatic rings. The smallest absolute Gasteiger partial charge is 0.146 e. The summed E-state index contributed by atoms with van der Waals surface area (Å²) in [6.45, 7) is 0. The van der Waals surface area contributed by atoms with Crippen molar-refractivity contribution < 1.29 is 4.39 Å². The molecule has 0 fully saturated rings. The van der Waals surface area contributed by atoms with Crippen molar-refractivity contribution >= 4 is 33.0 Å². The zero-order chi connectivity index (χ0) is 10.1. The second-order valence-corrected chi connectivity index (χ2v) is 5.30. The number of nitrogen functional groups attached to an aromatic ring is 1. The molecule has 2 aromatic rings. The van der Waals surface area contributed by atoms with Crippen molar-refractivity contribution in [1.82, 2.24) is 0 Å². The number of thiophene rings is 1. The molecule has 0 saturated heterocycles. The normalized spacial score (nSPS) is 10.4. The summed E-state index contributed by atoms with van der Waals surface area (Å²) >= 11 is 4.97. The molecule has 1 heterocycles. The quantitative estimate of drug-likeness (QED) is 0.783. The fraction of sp³-hybridized carbons (Fsp3) is 0. The summed E-state index contributed by atoms with van der Waals surface area (Å²) in [5, 5.41) is 0. The minimum Gasteiger partial charge on any atom is -0.396 e. The van der Waals surface area contributed by atoms with Gasteiger partial charge in [-0.15, -0.1) is 11.3 Å². The van der Waals surface area contributed by atoms with Gasteiger partial charge in [-0.25, -0.2) is 4.39 Å². The zero-order valence-electron chi connectivity index (χ0n) is 7.13. The van der Waals surface area contributed by atoms with Crippen LogP contribution in [0.3, 0.4) is 0 Å². The van der Waals surface area contributed by atoms with Crippen LogP contribution in [0.25, 0.3) is 10.4 Å². The van der Waals surface area contributed by atoms with E-state index in [2.05, 4.69) is 15.9 Å². The van der Waals surface area contributed by atoms with Crippen LogP contribution in [0, 0.1) is 5.82 Å². The van der Waals surface area contributed by atoms with E-state index in [-0.39, 0.29) is 11.5 Å². The van der Waals surface area contributed by atoms with Gasteiger partial charge in [0.2, 0.25) is 0 Å². The molecule has 0 bridgehead atoms. The molecule has 1 nitrogen and oxygen atoms in total. The summed E-state index contributed by atoms with van der Waals surface area (Å²) in [5.41, 5.74) is 6.61. The summed E-state index contributed by atoms with van der Waals surface area (Å²) in [7, 11) is 0. The second-order valence-electron chi connectivity index (χ2n) is 2.84. The molecule has 1 aromatic heterocycles. The van der Waals surface area contributed by atoms with Crippen molar-refractivity contribution in [3.8, 4) is 10.4 Å². The highest BCUT2D eigenvalue weighted by atomic mass is 79.9. The minimum atomic E-state index is -0.371. The third-order valence-corrected chi connectivity index (χ3v) is 3.53. The molecule has 0 saturated carbocycles. The monoisotopic (exact) mass is 271 g/mol. The number of hydrogen-bond acceptors (Lipinski definition) is 2. The summed E-state index contributed by atoms with van der Waals surface area (Å²) in [6, 6.07) is 8.69. The van der Waals surface area contributed by atoms with Gasteiger partial charge in [0.25, 0.3) is 0 Å². The molecule has 0 amide bonds. The molecule has 2 N–H and O–H groups in total. The minimum absolute atomic E-state index is 0.187. The molecule has 0 unspecified atom stereocenters. The summed E-state index contributed by atoms with van der Waals surface area (Å²) in [4.78, 5) is 1.07. The van der Waals surface area contributed by atoms with E-state index in [4.69, 9.17) is 5.73 Å². The number of rotatable bonds is 1. The molecular weight excluding hydrogens is 265 g/mol. The SMILES string of the molecule is Nc1cc(-c2ccc(Br)s2)ccc1F. The highest BCUT2D eigenvalue weighted by Crippen LogP contribution is 2.32. The van der Waals surface area contributed by atoms with E-state index < -0.39 is 0 Å². The Kier molecular flexibility index (Phi) is 2.56. The first-order chi connectivity index (χ1) is 6.66. The summed E-state index contributed by atoms with van der Waals surface area (Å²) < 4.78 is 13.9. The number of benzene rings is 1. The third-order valence-electron chi connectivity index (χ3n) is 1.85. The van der Waals surface area contributed by atoms with Gasteiger partial charge in [-0.05, 0) is 45.8 Å². The maximum Gasteiger partial charge on any atom is 0.146 e. The van der Waals surface area contributed by atoms with Crippen molar-refractivity contribution in [2.45, 2.75) is 0 Å². The van der Waals surface area contributed by atoms with Crippen molar-refractivity contribution in [2.24, 2.45) is 0 Å². The van der Waals surface area contributed by atoms with Crippen LogP contribution in [0.1, 0.15) is 0 Å². The van der Waals surface area contributed by atoms with Gasteiger partial charge in [0, 0.05) is 4.88 Å². The standard InChI is InChI=1S/C10H7BrFNS/c11-10-4-3-9(14-10)6-1-2-7(12)8(13)5-6/h1-5H,13H2. The van der Waals surface area contributed by atoms with Gasteiger partial charge >= 0.3 is 0 Å². The predicted octanol–water partition coefficient (Wildman–Crippen LogP) is 3.90. The number of nitrogens with two attached hydrogens (primary N) is 1. The van der Waals surface area contributed by atoms with Crippen LogP contribution in [0.5, 0.6) is 0 Å². The lowest BCUT2D eigenvalue weighted by atomic mass is 10.1. The molecule has 14 heavy (non-hydrogen) atoms. The number of anilines is 1. The van der Waals surface area contributed by atoms with E-state index in [0.29, 0.717) is 0 Å². The molecule has 0 aliphatic heterocycles. The Balaban J connectivity index is 2.47. The summed E-state index contributed by atoms with van der Waals surface area (Å²) in [6.07, 6.45) is 0. The Labute approximate surface area is 93.5 Å². The average Bonchev–Trinajstić information content (AvgIpc) is 2.57. The highest BCUT2D eigenvalue weighted by Gasteiger charge is 2.04. The molecule has 0 radical (unpaired) electrons. The van der Waals surface area contributed by atoms with Gasteiger partial charge in [-0.1, -0.05) is 6.07 Å². The summed E-state index contributed by atoms with van der Waals surface area (Å²) in [5.74, 6) is -0.371. The van der Waals surface area contributed by atoms with Gasteiger partial charge < -0.3 is 5.73 Å². The van der Waals surface area contributed by atoms with Crippen LogP contribution in [0.2, 0.25) is 0 Å². The van der Waals surface area contributed by atoms with Crippen LogP contribution >= 0.6 is 27.3 Å². The van der Waals surface area contributed by atoms with E-state index in [1.54, 1.807) is 23.5 Å². The largest absolute Gasteiger partial charge is 0.396 e. The van der Waals surface area contributed by atoms with E-state index in [0.717, 1.165) is 14.2 Å². The van der Waals surface area contributed by atoms with Crippen molar-refractivity contribution in [2.75, 3.05) is 5.73 Å². The maximum atomic E-state index is 12.9. The molecule has 0 spiro atoms. The van der Waals surface area contributed by atoms with Crippen LogP contribution < -0.4 is 5.73 Å². The number of halogens is 2. The van der Waals surface area contributed by atoms with Crippen LogP contribution in [-0.2, 0) is 0 Å². The van der Waals surface area contributed by atoms with E-state index >= 15 is 0 Å². The zero-order valence-corrected chi connectivity index (χ0v) is 9.53. The van der Waals surface area contributed by atoms with E-state index in [1.165, 1.54) is 6.07 Å². The lowest BCUT2D eigenvalue weighted by molar-refractivity contribution is 0.633. The molecule has 0 aliphatic carbocycles. The molecule has 4 heteroatoms. The van der Waals surface area contributed by atoms with Gasteiger partial charge in [0.1, 0.15) is 5.82 Å². The van der Waals surface area contributed by atoms with E-state index in [9.17, 15) is 4.39 Å². The average molecular weight is 272 g/mol. The second kappa shape index (κ2) is 3.71. The highest BCUT2D eigenvalue weighted by molar-refractivity contribution is 9.11.